The van der Waals surface area contributed by atoms with Crippen LogP contribution in [-0.2, 0) is 6.54 Å². The molecule has 4 nitrogen and oxygen atoms in total. The molecule has 1 N–H and O–H groups in total. The molecule has 0 radical (unpaired) electrons. The number of hydrogen-bond donors (Lipinski definition) is 1. The first-order chi connectivity index (χ1) is 9.26. The van der Waals surface area contributed by atoms with Gasteiger partial charge in [-0.25, -0.2) is 4.68 Å². The van der Waals surface area contributed by atoms with E-state index >= 15 is 0 Å². The summed E-state index contributed by atoms with van der Waals surface area (Å²) in [5.41, 5.74) is -0.366. The number of hydrogen-bond acceptors (Lipinski definition) is 4. The molecule has 0 saturated heterocycles. The molecule has 20 heavy (non-hydrogen) atoms. The Labute approximate surface area is 126 Å². The largest absolute Gasteiger partial charge is 0.408 e. The zero-order valence-electron chi connectivity index (χ0n) is 10.6. The first kappa shape index (κ1) is 15.7. The fraction of sp³-hybridized carbons (Fsp3) is 0.636. The van der Waals surface area contributed by atoms with E-state index in [4.69, 9.17) is 0 Å². The Morgan fingerprint density at radius 1 is 1.55 bits per heavy atom. The van der Waals surface area contributed by atoms with Crippen molar-refractivity contribution in [3.05, 3.63) is 21.0 Å². The number of nitrogens with zero attached hydrogens (tertiary/aromatic N) is 2. The highest BCUT2D eigenvalue weighted by atomic mass is 79.9. The first-order valence-electron chi connectivity index (χ1n) is 5.88. The molecule has 9 heteroatoms. The summed E-state index contributed by atoms with van der Waals surface area (Å²) < 4.78 is 37.5. The molecule has 2 rings (SSSR count). The molecule has 1 fully saturated rings. The summed E-state index contributed by atoms with van der Waals surface area (Å²) in [7, 11) is 0. The minimum atomic E-state index is -4.47. The zero-order chi connectivity index (χ0) is 15.0. The lowest BCUT2D eigenvalue weighted by Crippen LogP contribution is -2.31. The number of rotatable bonds is 5. The zero-order valence-corrected chi connectivity index (χ0v) is 13.0. The van der Waals surface area contributed by atoms with Crippen molar-refractivity contribution in [2.75, 3.05) is 18.1 Å². The van der Waals surface area contributed by atoms with E-state index in [1.807, 2.05) is 6.26 Å². The third-order valence-electron chi connectivity index (χ3n) is 3.16. The smallest absolute Gasteiger partial charge is 0.381 e. The summed E-state index contributed by atoms with van der Waals surface area (Å²) in [6, 6.07) is 0. The molecule has 1 aromatic rings. The summed E-state index contributed by atoms with van der Waals surface area (Å²) in [4.78, 5) is 11.8. The molecule has 1 heterocycles. The van der Waals surface area contributed by atoms with Gasteiger partial charge < -0.3 is 5.32 Å². The Morgan fingerprint density at radius 3 is 2.70 bits per heavy atom. The Balaban J connectivity index is 2.12. The maximum absolute atomic E-state index is 12.3. The lowest BCUT2D eigenvalue weighted by atomic mass is 10.3. The van der Waals surface area contributed by atoms with Crippen molar-refractivity contribution in [3.63, 3.8) is 0 Å². The number of nitrogens with one attached hydrogen (secondary N) is 1. The second-order valence-corrected chi connectivity index (χ2v) is 6.76. The van der Waals surface area contributed by atoms with Gasteiger partial charge in [0, 0.05) is 11.3 Å². The van der Waals surface area contributed by atoms with E-state index in [0.717, 1.165) is 12.8 Å². The SMILES string of the molecule is CSC1(CNc2cnn(CC(F)(F)F)c(=O)c2Br)CC1. The van der Waals surface area contributed by atoms with Gasteiger partial charge in [-0.1, -0.05) is 0 Å². The van der Waals surface area contributed by atoms with Gasteiger partial charge in [-0.2, -0.15) is 30.0 Å². The molecule has 112 valence electrons. The molecule has 0 atom stereocenters. The summed E-state index contributed by atoms with van der Waals surface area (Å²) in [5, 5.41) is 6.63. The molecular formula is C11H13BrF3N3OS. The van der Waals surface area contributed by atoms with Gasteiger partial charge in [0.25, 0.3) is 5.56 Å². The molecule has 0 spiro atoms. The second-order valence-electron chi connectivity index (χ2n) is 4.69. The first-order valence-corrected chi connectivity index (χ1v) is 7.89. The highest BCUT2D eigenvalue weighted by Gasteiger charge is 2.41. The number of halogens is 4. The highest BCUT2D eigenvalue weighted by Crippen LogP contribution is 2.47. The second kappa shape index (κ2) is 5.59. The van der Waals surface area contributed by atoms with Crippen LogP contribution in [0.5, 0.6) is 0 Å². The normalized spacial score (nSPS) is 17.1. The van der Waals surface area contributed by atoms with Crippen molar-refractivity contribution in [1.82, 2.24) is 9.78 Å². The van der Waals surface area contributed by atoms with Gasteiger partial charge in [0.1, 0.15) is 11.0 Å². The lowest BCUT2D eigenvalue weighted by molar-refractivity contribution is -0.143. The number of aromatic nitrogens is 2. The third-order valence-corrected chi connectivity index (χ3v) is 5.34. The van der Waals surface area contributed by atoms with Crippen LogP contribution in [0.25, 0.3) is 0 Å². The number of thioether (sulfide) groups is 1. The minimum Gasteiger partial charge on any atom is -0.381 e. The van der Waals surface area contributed by atoms with Gasteiger partial charge in [0.05, 0.1) is 11.9 Å². The Hall–Kier alpha value is -0.700. The predicted molar refractivity (Wildman–Crippen MR) is 76.2 cm³/mol. The van der Waals surface area contributed by atoms with E-state index in [0.29, 0.717) is 16.9 Å². The molecule has 0 unspecified atom stereocenters. The van der Waals surface area contributed by atoms with E-state index < -0.39 is 18.3 Å². The van der Waals surface area contributed by atoms with Crippen LogP contribution in [0.15, 0.2) is 15.5 Å². The maximum Gasteiger partial charge on any atom is 0.408 e. The summed E-state index contributed by atoms with van der Waals surface area (Å²) in [5.74, 6) is 0. The quantitative estimate of drug-likeness (QED) is 0.864. The topological polar surface area (TPSA) is 46.9 Å². The fourth-order valence-electron chi connectivity index (χ4n) is 1.72. The van der Waals surface area contributed by atoms with Crippen LogP contribution in [0.4, 0.5) is 18.9 Å². The minimum absolute atomic E-state index is 0.0775. The van der Waals surface area contributed by atoms with Crippen molar-refractivity contribution in [1.29, 1.82) is 0 Å². The van der Waals surface area contributed by atoms with Crippen LogP contribution in [0.1, 0.15) is 12.8 Å². The van der Waals surface area contributed by atoms with Crippen molar-refractivity contribution >= 4 is 33.4 Å². The van der Waals surface area contributed by atoms with Crippen molar-refractivity contribution in [3.8, 4) is 0 Å². The van der Waals surface area contributed by atoms with Crippen LogP contribution in [0.3, 0.4) is 0 Å². The standard InChI is InChI=1S/C11H13BrF3N3OS/c1-20-10(2-3-10)5-16-7-4-17-18(6-11(13,14)15)9(19)8(7)12/h4,16H,2-3,5-6H2,1H3. The van der Waals surface area contributed by atoms with E-state index in [1.165, 1.54) is 6.20 Å². The van der Waals surface area contributed by atoms with E-state index in [9.17, 15) is 18.0 Å². The Kier molecular flexibility index (Phi) is 4.38. The fourth-order valence-corrected chi connectivity index (χ4v) is 2.89. The van der Waals surface area contributed by atoms with Gasteiger partial charge in [-0.15, -0.1) is 0 Å². The van der Waals surface area contributed by atoms with E-state index in [2.05, 4.69) is 26.3 Å². The van der Waals surface area contributed by atoms with Gasteiger partial charge in [-0.3, -0.25) is 4.79 Å². The van der Waals surface area contributed by atoms with Crippen molar-refractivity contribution in [2.45, 2.75) is 30.3 Å². The molecule has 0 aliphatic heterocycles. The monoisotopic (exact) mass is 371 g/mol. The Bertz CT molecular complexity index is 557. The number of alkyl halides is 3. The van der Waals surface area contributed by atoms with Gasteiger partial charge in [-0.05, 0) is 35.0 Å². The van der Waals surface area contributed by atoms with Crippen LogP contribution >= 0.6 is 27.7 Å². The lowest BCUT2D eigenvalue weighted by Gasteiger charge is -2.15. The summed E-state index contributed by atoms with van der Waals surface area (Å²) in [6.07, 6.45) is 0.980. The van der Waals surface area contributed by atoms with Crippen molar-refractivity contribution < 1.29 is 13.2 Å². The molecule has 0 aromatic carbocycles. The highest BCUT2D eigenvalue weighted by molar-refractivity contribution is 9.10. The molecule has 1 aliphatic rings. The maximum atomic E-state index is 12.3. The van der Waals surface area contributed by atoms with Gasteiger partial charge in [0.2, 0.25) is 0 Å². The van der Waals surface area contributed by atoms with E-state index in [1.54, 1.807) is 11.8 Å². The Morgan fingerprint density at radius 2 is 2.20 bits per heavy atom. The van der Waals surface area contributed by atoms with Crippen molar-refractivity contribution in [2.24, 2.45) is 0 Å². The third kappa shape index (κ3) is 3.69. The van der Waals surface area contributed by atoms with Crippen LogP contribution < -0.4 is 10.9 Å². The van der Waals surface area contributed by atoms with Crippen LogP contribution in [0.2, 0.25) is 0 Å². The molecule has 0 amide bonds. The average Bonchev–Trinajstić information content (AvgIpc) is 3.13. The molecule has 1 aromatic heterocycles. The average molecular weight is 372 g/mol. The van der Waals surface area contributed by atoms with Gasteiger partial charge >= 0.3 is 6.18 Å². The summed E-state index contributed by atoms with van der Waals surface area (Å²) in [6.45, 7) is -0.726. The van der Waals surface area contributed by atoms with Gasteiger partial charge in [0.15, 0.2) is 0 Å². The van der Waals surface area contributed by atoms with Crippen LogP contribution in [0, 0.1) is 0 Å². The van der Waals surface area contributed by atoms with E-state index in [-0.39, 0.29) is 9.22 Å². The summed E-state index contributed by atoms with van der Waals surface area (Å²) >= 11 is 4.79. The molecule has 0 bridgehead atoms. The van der Waals surface area contributed by atoms with Crippen LogP contribution in [-0.4, -0.2) is 33.5 Å². The predicted octanol–water partition coefficient (Wildman–Crippen LogP) is 2.88. The molecule has 1 aliphatic carbocycles. The molecule has 1 saturated carbocycles. The molecular weight excluding hydrogens is 359 g/mol. The number of anilines is 1.